The highest BCUT2D eigenvalue weighted by atomic mass is 32.1. The molecule has 3 heteroatoms. The van der Waals surface area contributed by atoms with Gasteiger partial charge in [0.05, 0.1) is 0 Å². The van der Waals surface area contributed by atoms with Crippen LogP contribution in [0.25, 0.3) is 11.3 Å². The van der Waals surface area contributed by atoms with Crippen LogP contribution in [0.2, 0.25) is 0 Å². The fraction of sp³-hybridized carbons (Fsp3) is 0.0833. The first-order valence-electron chi connectivity index (χ1n) is 4.63. The van der Waals surface area contributed by atoms with Crippen molar-refractivity contribution in [1.82, 2.24) is 0 Å². The summed E-state index contributed by atoms with van der Waals surface area (Å²) in [6.45, 7) is 2.05. The average Bonchev–Trinajstić information content (AvgIpc) is 2.68. The van der Waals surface area contributed by atoms with Crippen molar-refractivity contribution in [2.24, 2.45) is 5.73 Å². The van der Waals surface area contributed by atoms with Crippen LogP contribution in [-0.2, 0) is 0 Å². The van der Waals surface area contributed by atoms with Gasteiger partial charge in [-0.3, -0.25) is 0 Å². The summed E-state index contributed by atoms with van der Waals surface area (Å²) in [5, 5.41) is 0. The molecule has 0 atom stereocenters. The summed E-state index contributed by atoms with van der Waals surface area (Å²) in [6.07, 6.45) is 0. The van der Waals surface area contributed by atoms with Gasteiger partial charge >= 0.3 is 0 Å². The molecule has 0 bridgehead atoms. The zero-order valence-corrected chi connectivity index (χ0v) is 9.17. The van der Waals surface area contributed by atoms with E-state index in [1.165, 1.54) is 5.56 Å². The van der Waals surface area contributed by atoms with E-state index in [2.05, 4.69) is 0 Å². The van der Waals surface area contributed by atoms with E-state index < -0.39 is 0 Å². The van der Waals surface area contributed by atoms with Crippen molar-refractivity contribution in [1.29, 1.82) is 0 Å². The van der Waals surface area contributed by atoms with E-state index in [0.717, 1.165) is 11.3 Å². The first-order valence-corrected chi connectivity index (χ1v) is 5.04. The second-order valence-electron chi connectivity index (χ2n) is 3.39. The molecule has 0 fully saturated rings. The minimum absolute atomic E-state index is 0.286. The van der Waals surface area contributed by atoms with Crippen LogP contribution < -0.4 is 5.73 Å². The average molecular weight is 217 g/mol. The van der Waals surface area contributed by atoms with E-state index in [-0.39, 0.29) is 4.99 Å². The van der Waals surface area contributed by atoms with Crippen LogP contribution in [0.15, 0.2) is 40.8 Å². The summed E-state index contributed by atoms with van der Waals surface area (Å²) < 4.78 is 5.50. The third kappa shape index (κ3) is 2.07. The molecule has 0 unspecified atom stereocenters. The van der Waals surface area contributed by atoms with Crippen molar-refractivity contribution in [3.05, 3.63) is 47.7 Å². The Kier molecular flexibility index (Phi) is 2.56. The number of hydrogen-bond acceptors (Lipinski definition) is 2. The molecule has 0 spiro atoms. The molecule has 1 aromatic heterocycles. The van der Waals surface area contributed by atoms with Gasteiger partial charge in [-0.15, -0.1) is 0 Å². The Morgan fingerprint density at radius 3 is 2.33 bits per heavy atom. The monoisotopic (exact) mass is 217 g/mol. The summed E-state index contributed by atoms with van der Waals surface area (Å²) in [5.74, 6) is 1.35. The lowest BCUT2D eigenvalue weighted by Gasteiger charge is -1.97. The lowest BCUT2D eigenvalue weighted by atomic mass is 10.1. The van der Waals surface area contributed by atoms with E-state index in [1.807, 2.05) is 37.3 Å². The quantitative estimate of drug-likeness (QED) is 0.786. The number of thiocarbonyl (C=S) groups is 1. The molecule has 76 valence electrons. The number of benzene rings is 1. The fourth-order valence-electron chi connectivity index (χ4n) is 1.34. The number of hydrogen-bond donors (Lipinski definition) is 1. The highest BCUT2D eigenvalue weighted by molar-refractivity contribution is 7.80. The van der Waals surface area contributed by atoms with Gasteiger partial charge in [0, 0.05) is 5.56 Å². The highest BCUT2D eigenvalue weighted by Crippen LogP contribution is 2.22. The van der Waals surface area contributed by atoms with Gasteiger partial charge in [-0.2, -0.15) is 0 Å². The molecule has 1 heterocycles. The Hall–Kier alpha value is -1.61. The maximum Gasteiger partial charge on any atom is 0.161 e. The molecule has 0 aliphatic rings. The van der Waals surface area contributed by atoms with E-state index in [9.17, 15) is 0 Å². The summed E-state index contributed by atoms with van der Waals surface area (Å²) in [6, 6.07) is 11.8. The van der Waals surface area contributed by atoms with Gasteiger partial charge in [-0.25, -0.2) is 0 Å². The Morgan fingerprint density at radius 1 is 1.13 bits per heavy atom. The molecule has 0 saturated carbocycles. The predicted octanol–water partition coefficient (Wildman–Crippen LogP) is 2.89. The van der Waals surface area contributed by atoms with Crippen LogP contribution in [0.4, 0.5) is 0 Å². The van der Waals surface area contributed by atoms with Crippen LogP contribution in [0.3, 0.4) is 0 Å². The zero-order chi connectivity index (χ0) is 10.8. The van der Waals surface area contributed by atoms with Crippen molar-refractivity contribution >= 4 is 17.2 Å². The third-order valence-electron chi connectivity index (χ3n) is 2.18. The first kappa shape index (κ1) is 9.93. The van der Waals surface area contributed by atoms with Crippen LogP contribution in [-0.4, -0.2) is 4.99 Å². The molecule has 0 amide bonds. The zero-order valence-electron chi connectivity index (χ0n) is 8.36. The van der Waals surface area contributed by atoms with Crippen LogP contribution in [0.5, 0.6) is 0 Å². The standard InChI is InChI=1S/C12H11NOS/c1-8-2-4-9(5-3-8)10-6-7-11(14-10)12(13)15/h2-7H,1H3,(H2,13,15). The van der Waals surface area contributed by atoms with Crippen molar-refractivity contribution < 1.29 is 4.42 Å². The van der Waals surface area contributed by atoms with Crippen LogP contribution in [0, 0.1) is 6.92 Å². The minimum atomic E-state index is 0.286. The van der Waals surface area contributed by atoms with Crippen molar-refractivity contribution in [3.8, 4) is 11.3 Å². The Labute approximate surface area is 93.7 Å². The van der Waals surface area contributed by atoms with Gasteiger partial charge in [0.1, 0.15) is 10.7 Å². The number of rotatable bonds is 2. The van der Waals surface area contributed by atoms with Gasteiger partial charge in [0.15, 0.2) is 5.76 Å². The molecule has 0 aliphatic carbocycles. The third-order valence-corrected chi connectivity index (χ3v) is 2.39. The lowest BCUT2D eigenvalue weighted by Crippen LogP contribution is -2.07. The topological polar surface area (TPSA) is 39.2 Å². The molecule has 15 heavy (non-hydrogen) atoms. The van der Waals surface area contributed by atoms with E-state index in [0.29, 0.717) is 5.76 Å². The Balaban J connectivity index is 2.37. The lowest BCUT2D eigenvalue weighted by molar-refractivity contribution is 0.573. The van der Waals surface area contributed by atoms with Crippen LogP contribution in [0.1, 0.15) is 11.3 Å². The molecular formula is C12H11NOS. The molecule has 0 aliphatic heterocycles. The molecule has 2 rings (SSSR count). The van der Waals surface area contributed by atoms with Crippen molar-refractivity contribution in [2.75, 3.05) is 0 Å². The molecular weight excluding hydrogens is 206 g/mol. The van der Waals surface area contributed by atoms with Gasteiger partial charge in [0.2, 0.25) is 0 Å². The summed E-state index contributed by atoms with van der Waals surface area (Å²) in [4.78, 5) is 0.286. The largest absolute Gasteiger partial charge is 0.454 e. The van der Waals surface area contributed by atoms with Crippen LogP contribution >= 0.6 is 12.2 Å². The second kappa shape index (κ2) is 3.87. The maximum atomic E-state index is 5.50. The Morgan fingerprint density at radius 2 is 1.80 bits per heavy atom. The smallest absolute Gasteiger partial charge is 0.161 e. The van der Waals surface area contributed by atoms with E-state index >= 15 is 0 Å². The summed E-state index contributed by atoms with van der Waals surface area (Å²) in [5.41, 5.74) is 7.72. The van der Waals surface area contributed by atoms with Gasteiger partial charge in [0.25, 0.3) is 0 Å². The molecule has 0 radical (unpaired) electrons. The second-order valence-corrected chi connectivity index (χ2v) is 3.83. The normalized spacial score (nSPS) is 10.2. The fourth-order valence-corrected chi connectivity index (χ4v) is 1.45. The molecule has 2 N–H and O–H groups in total. The number of aryl methyl sites for hydroxylation is 1. The molecule has 0 saturated heterocycles. The van der Waals surface area contributed by atoms with E-state index in [1.54, 1.807) is 6.07 Å². The molecule has 2 aromatic rings. The van der Waals surface area contributed by atoms with Crippen molar-refractivity contribution in [2.45, 2.75) is 6.92 Å². The highest BCUT2D eigenvalue weighted by Gasteiger charge is 2.05. The SMILES string of the molecule is Cc1ccc(-c2ccc(C(N)=S)o2)cc1. The minimum Gasteiger partial charge on any atom is -0.454 e. The van der Waals surface area contributed by atoms with Gasteiger partial charge in [-0.05, 0) is 19.1 Å². The summed E-state index contributed by atoms with van der Waals surface area (Å²) in [7, 11) is 0. The number of nitrogens with two attached hydrogens (primary N) is 1. The predicted molar refractivity (Wildman–Crippen MR) is 64.8 cm³/mol. The first-order chi connectivity index (χ1) is 7.16. The van der Waals surface area contributed by atoms with Gasteiger partial charge < -0.3 is 10.2 Å². The van der Waals surface area contributed by atoms with Gasteiger partial charge in [-0.1, -0.05) is 42.0 Å². The Bertz CT molecular complexity index is 485. The van der Waals surface area contributed by atoms with Crippen molar-refractivity contribution in [3.63, 3.8) is 0 Å². The number of furan rings is 1. The molecule has 1 aromatic carbocycles. The maximum absolute atomic E-state index is 5.50. The summed E-state index contributed by atoms with van der Waals surface area (Å²) >= 11 is 4.83. The molecule has 2 nitrogen and oxygen atoms in total. The van der Waals surface area contributed by atoms with E-state index in [4.69, 9.17) is 22.4 Å².